The molecule has 0 radical (unpaired) electrons. The van der Waals surface area contributed by atoms with Gasteiger partial charge in [-0.15, -0.1) is 11.8 Å². The maximum atomic E-state index is 12.8. The van der Waals surface area contributed by atoms with E-state index in [0.29, 0.717) is 0 Å². The number of amides is 1. The highest BCUT2D eigenvalue weighted by molar-refractivity contribution is 9.10. The molecule has 22 heavy (non-hydrogen) atoms. The van der Waals surface area contributed by atoms with Crippen LogP contribution in [-0.2, 0) is 11.0 Å². The van der Waals surface area contributed by atoms with Gasteiger partial charge in [-0.2, -0.15) is 13.2 Å². The fourth-order valence-electron chi connectivity index (χ4n) is 1.71. The van der Waals surface area contributed by atoms with Gasteiger partial charge in [-0.1, -0.05) is 28.1 Å². The zero-order valence-electron chi connectivity index (χ0n) is 11.2. The van der Waals surface area contributed by atoms with Gasteiger partial charge in [-0.05, 0) is 36.4 Å². The number of carbonyl (C=O) groups excluding carboxylic acids is 1. The highest BCUT2D eigenvalue weighted by Gasteiger charge is 2.33. The molecule has 2 rings (SSSR count). The van der Waals surface area contributed by atoms with Crippen LogP contribution in [-0.4, -0.2) is 11.7 Å². The second-order valence-electron chi connectivity index (χ2n) is 4.33. The summed E-state index contributed by atoms with van der Waals surface area (Å²) in [6.45, 7) is 0. The van der Waals surface area contributed by atoms with Crippen LogP contribution in [0.5, 0.6) is 0 Å². The smallest absolute Gasteiger partial charge is 0.325 e. The van der Waals surface area contributed by atoms with E-state index in [0.717, 1.165) is 15.4 Å². The van der Waals surface area contributed by atoms with E-state index in [2.05, 4.69) is 21.2 Å². The molecule has 0 fully saturated rings. The topological polar surface area (TPSA) is 29.1 Å². The van der Waals surface area contributed by atoms with Crippen LogP contribution in [0.2, 0.25) is 0 Å². The summed E-state index contributed by atoms with van der Waals surface area (Å²) < 4.78 is 39.4. The molecule has 2 aromatic carbocycles. The van der Waals surface area contributed by atoms with Gasteiger partial charge < -0.3 is 5.32 Å². The van der Waals surface area contributed by atoms with Crippen molar-refractivity contribution in [3.8, 4) is 0 Å². The second-order valence-corrected chi connectivity index (χ2v) is 6.30. The van der Waals surface area contributed by atoms with Crippen LogP contribution in [0.4, 0.5) is 18.9 Å². The van der Waals surface area contributed by atoms with Crippen LogP contribution in [0.15, 0.2) is 57.9 Å². The van der Waals surface area contributed by atoms with Crippen molar-refractivity contribution < 1.29 is 18.0 Å². The van der Waals surface area contributed by atoms with Gasteiger partial charge in [0.25, 0.3) is 0 Å². The molecule has 0 aliphatic rings. The van der Waals surface area contributed by atoms with Gasteiger partial charge >= 0.3 is 6.18 Å². The van der Waals surface area contributed by atoms with Crippen molar-refractivity contribution in [2.75, 3.05) is 11.1 Å². The summed E-state index contributed by atoms with van der Waals surface area (Å²) in [5.74, 6) is -0.446. The average molecular weight is 390 g/mol. The molecule has 0 bridgehead atoms. The summed E-state index contributed by atoms with van der Waals surface area (Å²) in [4.78, 5) is 12.7. The van der Waals surface area contributed by atoms with E-state index in [1.165, 1.54) is 30.0 Å². The monoisotopic (exact) mass is 389 g/mol. The Morgan fingerprint density at radius 3 is 2.36 bits per heavy atom. The van der Waals surface area contributed by atoms with Gasteiger partial charge in [0.05, 0.1) is 17.0 Å². The molecule has 2 nitrogen and oxygen atoms in total. The van der Waals surface area contributed by atoms with Crippen LogP contribution in [0.25, 0.3) is 0 Å². The second kappa shape index (κ2) is 7.19. The van der Waals surface area contributed by atoms with Gasteiger partial charge in [-0.3, -0.25) is 4.79 Å². The first-order valence-electron chi connectivity index (χ1n) is 6.21. The molecular weight excluding hydrogens is 379 g/mol. The van der Waals surface area contributed by atoms with Crippen LogP contribution in [0, 0.1) is 0 Å². The number of rotatable bonds is 4. The van der Waals surface area contributed by atoms with E-state index in [-0.39, 0.29) is 11.4 Å². The Balaban J connectivity index is 1.99. The Morgan fingerprint density at radius 1 is 1.09 bits per heavy atom. The largest absolute Gasteiger partial charge is 0.418 e. The molecule has 0 saturated carbocycles. The molecule has 0 saturated heterocycles. The van der Waals surface area contributed by atoms with Crippen LogP contribution in [0.1, 0.15) is 5.56 Å². The molecule has 1 N–H and O–H groups in total. The van der Waals surface area contributed by atoms with Gasteiger partial charge in [0, 0.05) is 9.37 Å². The van der Waals surface area contributed by atoms with Crippen LogP contribution >= 0.6 is 27.7 Å². The number of anilines is 1. The van der Waals surface area contributed by atoms with Crippen molar-refractivity contribution in [1.29, 1.82) is 0 Å². The number of halogens is 4. The summed E-state index contributed by atoms with van der Waals surface area (Å²) in [6, 6.07) is 12.2. The normalized spacial score (nSPS) is 11.3. The predicted octanol–water partition coefficient (Wildman–Crippen LogP) is 5.20. The fourth-order valence-corrected chi connectivity index (χ4v) is 2.67. The summed E-state index contributed by atoms with van der Waals surface area (Å²) in [5.41, 5.74) is -1.08. The number of thioether (sulfide) groups is 1. The Hall–Kier alpha value is -1.47. The number of hydrogen-bond acceptors (Lipinski definition) is 2. The molecule has 0 spiro atoms. The minimum Gasteiger partial charge on any atom is -0.325 e. The van der Waals surface area contributed by atoms with E-state index in [1.54, 1.807) is 0 Å². The number of alkyl halides is 3. The van der Waals surface area contributed by atoms with Crippen molar-refractivity contribution in [2.24, 2.45) is 0 Å². The lowest BCUT2D eigenvalue weighted by atomic mass is 10.1. The van der Waals surface area contributed by atoms with Gasteiger partial charge in [-0.25, -0.2) is 0 Å². The van der Waals surface area contributed by atoms with E-state index < -0.39 is 17.6 Å². The maximum absolute atomic E-state index is 12.8. The fraction of sp³-hybridized carbons (Fsp3) is 0.133. The highest BCUT2D eigenvalue weighted by Crippen LogP contribution is 2.34. The minimum absolute atomic E-state index is 0.0355. The zero-order valence-corrected chi connectivity index (χ0v) is 13.6. The van der Waals surface area contributed by atoms with Gasteiger partial charge in [0.1, 0.15) is 0 Å². The van der Waals surface area contributed by atoms with Crippen LogP contribution < -0.4 is 5.32 Å². The highest BCUT2D eigenvalue weighted by atomic mass is 79.9. The van der Waals surface area contributed by atoms with Gasteiger partial charge in [0.2, 0.25) is 5.91 Å². The lowest BCUT2D eigenvalue weighted by molar-refractivity contribution is -0.137. The molecule has 0 heterocycles. The number of carbonyl (C=O) groups is 1. The quantitative estimate of drug-likeness (QED) is 0.728. The van der Waals surface area contributed by atoms with E-state index >= 15 is 0 Å². The zero-order chi connectivity index (χ0) is 16.2. The van der Waals surface area contributed by atoms with Crippen molar-refractivity contribution in [2.45, 2.75) is 11.1 Å². The third-order valence-corrected chi connectivity index (χ3v) is 4.23. The Kier molecular flexibility index (Phi) is 5.52. The van der Waals surface area contributed by atoms with Crippen molar-refractivity contribution >= 4 is 39.3 Å². The number of nitrogens with one attached hydrogen (secondary N) is 1. The number of benzene rings is 2. The summed E-state index contributed by atoms with van der Waals surface area (Å²) in [5, 5.41) is 2.31. The third-order valence-electron chi connectivity index (χ3n) is 2.69. The first kappa shape index (κ1) is 16.9. The Morgan fingerprint density at radius 2 is 1.73 bits per heavy atom. The van der Waals surface area contributed by atoms with E-state index in [9.17, 15) is 18.0 Å². The first-order chi connectivity index (χ1) is 10.4. The molecule has 0 aliphatic carbocycles. The molecule has 0 atom stereocenters. The van der Waals surface area contributed by atoms with E-state index in [4.69, 9.17) is 0 Å². The number of para-hydroxylation sites is 1. The standard InChI is InChI=1S/C15H11BrF3NOS/c16-10-5-7-11(8-6-10)22-9-14(21)20-13-4-2-1-3-12(13)15(17,18)19/h1-8H,9H2,(H,20,21). The molecule has 7 heteroatoms. The van der Waals surface area contributed by atoms with Crippen LogP contribution in [0.3, 0.4) is 0 Å². The SMILES string of the molecule is O=C(CSc1ccc(Br)cc1)Nc1ccccc1C(F)(F)F. The van der Waals surface area contributed by atoms with Crippen molar-refractivity contribution in [3.63, 3.8) is 0 Å². The van der Waals surface area contributed by atoms with Crippen molar-refractivity contribution in [3.05, 3.63) is 58.6 Å². The van der Waals surface area contributed by atoms with Crippen molar-refractivity contribution in [1.82, 2.24) is 0 Å². The molecule has 0 unspecified atom stereocenters. The van der Waals surface area contributed by atoms with Gasteiger partial charge in [0.15, 0.2) is 0 Å². The molecule has 2 aromatic rings. The molecular formula is C15H11BrF3NOS. The Labute approximate surface area is 138 Å². The summed E-state index contributed by atoms with van der Waals surface area (Å²) in [7, 11) is 0. The lowest BCUT2D eigenvalue weighted by Crippen LogP contribution is -2.18. The molecule has 0 aliphatic heterocycles. The predicted molar refractivity (Wildman–Crippen MR) is 84.9 cm³/mol. The minimum atomic E-state index is -4.50. The molecule has 116 valence electrons. The first-order valence-corrected chi connectivity index (χ1v) is 7.98. The lowest BCUT2D eigenvalue weighted by Gasteiger charge is -2.13. The summed E-state index contributed by atoms with van der Waals surface area (Å²) in [6.07, 6.45) is -4.50. The summed E-state index contributed by atoms with van der Waals surface area (Å²) >= 11 is 4.56. The number of hydrogen-bond donors (Lipinski definition) is 1. The Bertz CT molecular complexity index is 659. The molecule has 1 amide bonds. The molecule has 0 aromatic heterocycles. The third kappa shape index (κ3) is 4.78. The van der Waals surface area contributed by atoms with E-state index in [1.807, 2.05) is 24.3 Å². The maximum Gasteiger partial charge on any atom is 0.418 e. The average Bonchev–Trinajstić information content (AvgIpc) is 2.46.